The van der Waals surface area contributed by atoms with Crippen LogP contribution in [-0.2, 0) is 16.0 Å². The second-order valence-corrected chi connectivity index (χ2v) is 8.66. The molecular formula is C27H34F4N2O5. The Balaban J connectivity index is 1.90. The Morgan fingerprint density at radius 2 is 1.68 bits per heavy atom. The lowest BCUT2D eigenvalue weighted by molar-refractivity contribution is -0.150. The summed E-state index contributed by atoms with van der Waals surface area (Å²) in [4.78, 5) is 25.5. The summed E-state index contributed by atoms with van der Waals surface area (Å²) in [7, 11) is 0. The molecule has 1 atom stereocenters. The first-order chi connectivity index (χ1) is 18.1. The summed E-state index contributed by atoms with van der Waals surface area (Å²) in [5.41, 5.74) is 0.783. The smallest absolute Gasteiger partial charge is 0.389 e. The molecule has 0 radical (unpaired) electrons. The van der Waals surface area contributed by atoms with Crippen molar-refractivity contribution in [1.82, 2.24) is 4.90 Å². The summed E-state index contributed by atoms with van der Waals surface area (Å²) < 4.78 is 61.9. The first kappa shape index (κ1) is 30.9. The molecule has 2 aromatic carbocycles. The zero-order valence-electron chi connectivity index (χ0n) is 21.3. The Morgan fingerprint density at radius 3 is 2.32 bits per heavy atom. The quantitative estimate of drug-likeness (QED) is 0.192. The van der Waals surface area contributed by atoms with E-state index in [-0.39, 0.29) is 44.8 Å². The summed E-state index contributed by atoms with van der Waals surface area (Å²) in [5.74, 6) is -1.11. The lowest BCUT2D eigenvalue weighted by Gasteiger charge is -2.23. The number of carboxylic acid groups (broad SMARTS) is 1. The van der Waals surface area contributed by atoms with Crippen LogP contribution in [0.4, 0.5) is 28.0 Å². The van der Waals surface area contributed by atoms with Crippen molar-refractivity contribution >= 4 is 17.7 Å². The van der Waals surface area contributed by atoms with Gasteiger partial charge in [0.25, 0.3) is 0 Å². The van der Waals surface area contributed by atoms with Gasteiger partial charge in [0.1, 0.15) is 18.2 Å². The van der Waals surface area contributed by atoms with Gasteiger partial charge in [-0.2, -0.15) is 13.2 Å². The zero-order valence-corrected chi connectivity index (χ0v) is 21.3. The number of rotatable bonds is 16. The Morgan fingerprint density at radius 1 is 1.00 bits per heavy atom. The number of urea groups is 1. The van der Waals surface area contributed by atoms with Crippen molar-refractivity contribution in [3.8, 4) is 5.75 Å². The molecule has 2 rings (SSSR count). The van der Waals surface area contributed by atoms with Gasteiger partial charge in [0.2, 0.25) is 0 Å². The van der Waals surface area contributed by atoms with E-state index in [1.807, 2.05) is 0 Å². The van der Waals surface area contributed by atoms with Crippen molar-refractivity contribution in [1.29, 1.82) is 0 Å². The van der Waals surface area contributed by atoms with E-state index in [1.165, 1.54) is 23.1 Å². The van der Waals surface area contributed by atoms with Gasteiger partial charge in [0.15, 0.2) is 6.10 Å². The van der Waals surface area contributed by atoms with E-state index in [1.54, 1.807) is 37.3 Å². The van der Waals surface area contributed by atoms with Crippen LogP contribution in [0.1, 0.15) is 44.6 Å². The molecule has 2 N–H and O–H groups in total. The Bertz CT molecular complexity index is 1000. The van der Waals surface area contributed by atoms with Crippen LogP contribution >= 0.6 is 0 Å². The van der Waals surface area contributed by atoms with Gasteiger partial charge < -0.3 is 24.8 Å². The molecule has 0 aliphatic carbocycles. The predicted octanol–water partition coefficient (Wildman–Crippen LogP) is 6.28. The van der Waals surface area contributed by atoms with Gasteiger partial charge in [-0.3, -0.25) is 0 Å². The summed E-state index contributed by atoms with van der Waals surface area (Å²) in [6.07, 6.45) is -4.33. The van der Waals surface area contributed by atoms with Gasteiger partial charge >= 0.3 is 18.2 Å². The molecule has 1 unspecified atom stereocenters. The number of hydrogen-bond acceptors (Lipinski definition) is 4. The predicted molar refractivity (Wildman–Crippen MR) is 135 cm³/mol. The van der Waals surface area contributed by atoms with Gasteiger partial charge in [0, 0.05) is 26.0 Å². The van der Waals surface area contributed by atoms with E-state index in [0.29, 0.717) is 25.0 Å². The molecule has 7 nitrogen and oxygen atoms in total. The van der Waals surface area contributed by atoms with E-state index in [9.17, 15) is 32.3 Å². The number of benzene rings is 2. The van der Waals surface area contributed by atoms with Crippen LogP contribution in [0.15, 0.2) is 48.5 Å². The molecule has 0 aliphatic rings. The van der Waals surface area contributed by atoms with Crippen LogP contribution in [0.5, 0.6) is 5.75 Å². The number of halogens is 4. The Hall–Kier alpha value is -3.34. The minimum Gasteiger partial charge on any atom is -0.492 e. The van der Waals surface area contributed by atoms with E-state index in [2.05, 4.69) is 5.32 Å². The number of alkyl halides is 3. The molecule has 38 heavy (non-hydrogen) atoms. The third kappa shape index (κ3) is 11.8. The number of aliphatic carboxylic acids is 1. The van der Waals surface area contributed by atoms with Crippen molar-refractivity contribution in [3.63, 3.8) is 0 Å². The first-order valence-electron chi connectivity index (χ1n) is 12.5. The number of nitrogens with one attached hydrogen (secondary N) is 1. The average molecular weight is 543 g/mol. The summed E-state index contributed by atoms with van der Waals surface area (Å²) in [6.45, 7) is 2.56. The van der Waals surface area contributed by atoms with E-state index >= 15 is 0 Å². The Labute approximate surface area is 219 Å². The number of nitrogens with zero attached hydrogens (tertiary/aromatic N) is 1. The highest BCUT2D eigenvalue weighted by molar-refractivity contribution is 5.89. The zero-order chi connectivity index (χ0) is 28.0. The summed E-state index contributed by atoms with van der Waals surface area (Å²) in [6, 6.07) is 12.0. The van der Waals surface area contributed by atoms with Crippen molar-refractivity contribution in [2.24, 2.45) is 0 Å². The molecule has 11 heteroatoms. The minimum absolute atomic E-state index is 0.0240. The number of carbonyl (C=O) groups is 2. The number of para-hydroxylation sites is 1. The molecule has 0 heterocycles. The van der Waals surface area contributed by atoms with Crippen LogP contribution in [-0.4, -0.2) is 60.6 Å². The van der Waals surface area contributed by atoms with Crippen molar-refractivity contribution in [2.75, 3.05) is 31.6 Å². The number of amides is 2. The number of ether oxygens (including phenoxy) is 2. The molecule has 0 fully saturated rings. The van der Waals surface area contributed by atoms with Gasteiger partial charge in [-0.25, -0.2) is 14.0 Å². The normalized spacial score (nSPS) is 12.1. The highest BCUT2D eigenvalue weighted by Crippen LogP contribution is 2.23. The molecule has 2 aromatic rings. The molecule has 0 spiro atoms. The van der Waals surface area contributed by atoms with Gasteiger partial charge in [-0.1, -0.05) is 37.1 Å². The van der Waals surface area contributed by atoms with Crippen molar-refractivity contribution in [2.45, 2.75) is 57.7 Å². The van der Waals surface area contributed by atoms with Crippen molar-refractivity contribution in [3.05, 3.63) is 59.9 Å². The van der Waals surface area contributed by atoms with Crippen LogP contribution in [0.3, 0.4) is 0 Å². The third-order valence-corrected chi connectivity index (χ3v) is 5.66. The summed E-state index contributed by atoms with van der Waals surface area (Å²) >= 11 is 0. The third-order valence-electron chi connectivity index (χ3n) is 5.66. The van der Waals surface area contributed by atoms with Crippen LogP contribution in [0, 0.1) is 5.82 Å². The van der Waals surface area contributed by atoms with E-state index < -0.39 is 36.5 Å². The standard InChI is InChI=1S/C27H34F4N2O5/c1-2-37-24(25(34)35)19-20-11-13-21(14-12-20)38-18-17-33(16-8-4-3-7-15-27(29,30)31)26(36)32-23-10-6-5-9-22(23)28/h5-6,9-14,24H,2-4,7-8,15-19H2,1H3,(H,32,36)(H,34,35). The maximum atomic E-state index is 14.0. The van der Waals surface area contributed by atoms with Gasteiger partial charge in [-0.05, 0) is 49.6 Å². The molecular weight excluding hydrogens is 508 g/mol. The number of unbranched alkanes of at least 4 members (excludes halogenated alkanes) is 3. The lowest BCUT2D eigenvalue weighted by atomic mass is 10.1. The van der Waals surface area contributed by atoms with E-state index in [4.69, 9.17) is 9.47 Å². The van der Waals surface area contributed by atoms with Crippen molar-refractivity contribution < 1.29 is 41.7 Å². The second-order valence-electron chi connectivity index (χ2n) is 8.66. The Kier molecular flexibility index (Phi) is 12.8. The lowest BCUT2D eigenvalue weighted by Crippen LogP contribution is -2.38. The molecule has 0 aliphatic heterocycles. The fraction of sp³-hybridized carbons (Fsp3) is 0.481. The minimum atomic E-state index is -4.18. The molecule has 0 saturated heterocycles. The fourth-order valence-corrected chi connectivity index (χ4v) is 3.68. The molecule has 210 valence electrons. The average Bonchev–Trinajstić information content (AvgIpc) is 2.86. The van der Waals surface area contributed by atoms with E-state index in [0.717, 1.165) is 5.56 Å². The molecule has 0 saturated carbocycles. The van der Waals surface area contributed by atoms with Crippen LogP contribution < -0.4 is 10.1 Å². The monoisotopic (exact) mass is 542 g/mol. The maximum absolute atomic E-state index is 14.0. The van der Waals surface area contributed by atoms with Crippen LogP contribution in [0.25, 0.3) is 0 Å². The summed E-state index contributed by atoms with van der Waals surface area (Å²) in [5, 5.41) is 11.7. The van der Waals surface area contributed by atoms with Gasteiger partial charge in [-0.15, -0.1) is 0 Å². The molecule has 2 amide bonds. The second kappa shape index (κ2) is 15.8. The van der Waals surface area contributed by atoms with Crippen LogP contribution in [0.2, 0.25) is 0 Å². The largest absolute Gasteiger partial charge is 0.492 e. The first-order valence-corrected chi connectivity index (χ1v) is 12.5. The number of carboxylic acids is 1. The topological polar surface area (TPSA) is 88.1 Å². The van der Waals surface area contributed by atoms with Gasteiger partial charge in [0.05, 0.1) is 12.2 Å². The highest BCUT2D eigenvalue weighted by atomic mass is 19.4. The highest BCUT2D eigenvalue weighted by Gasteiger charge is 2.25. The SMILES string of the molecule is CCOC(Cc1ccc(OCCN(CCCCCCC(F)(F)F)C(=O)Nc2ccccc2F)cc1)C(=O)O. The fourth-order valence-electron chi connectivity index (χ4n) is 3.68. The number of carbonyl (C=O) groups excluding carboxylic acids is 1. The number of anilines is 1. The molecule has 0 bridgehead atoms. The number of hydrogen-bond donors (Lipinski definition) is 2. The molecule has 0 aromatic heterocycles. The maximum Gasteiger partial charge on any atom is 0.389 e.